The molecule has 1 atom stereocenters. The molecule has 9 nitrogen and oxygen atoms in total. The van der Waals surface area contributed by atoms with Crippen LogP contribution in [0, 0.1) is 11.3 Å². The van der Waals surface area contributed by atoms with Gasteiger partial charge in [-0.3, -0.25) is 9.69 Å². The summed E-state index contributed by atoms with van der Waals surface area (Å²) in [5.41, 5.74) is 8.40. The quantitative estimate of drug-likeness (QED) is 0.642. The largest absolute Gasteiger partial charge is 0.466 e. The summed E-state index contributed by atoms with van der Waals surface area (Å²) in [6, 6.07) is 16.4. The van der Waals surface area contributed by atoms with Gasteiger partial charge in [0, 0.05) is 12.6 Å². The first-order valence-electron chi connectivity index (χ1n) is 11.5. The Bertz CT molecular complexity index is 1380. The molecule has 0 aromatic heterocycles. The number of carbonyl (C=O) groups is 3. The molecule has 36 heavy (non-hydrogen) atoms. The van der Waals surface area contributed by atoms with Gasteiger partial charge in [-0.05, 0) is 30.0 Å². The Morgan fingerprint density at radius 2 is 1.72 bits per heavy atom. The Kier molecular flexibility index (Phi) is 5.72. The van der Waals surface area contributed by atoms with Crippen LogP contribution < -0.4 is 10.6 Å². The standard InChI is InChI=1S/C27H24N4O5/c1-35-26(33)22-20(15-7-4-3-5-8-15)18(13-28)24(29)31(23(22)27(34)36-2)19-10-6-9-16-14-30(17-11-12-17)25(32)21(16)19/h3-10,17,20H,11-12,14,29H2,1-2H3. The third-order valence-electron chi connectivity index (χ3n) is 6.78. The topological polar surface area (TPSA) is 126 Å². The van der Waals surface area contributed by atoms with E-state index in [1.165, 1.54) is 19.1 Å². The van der Waals surface area contributed by atoms with Crippen molar-refractivity contribution in [2.45, 2.75) is 31.3 Å². The van der Waals surface area contributed by atoms with Crippen LogP contribution in [0.15, 0.2) is 71.2 Å². The number of amides is 1. The number of rotatable bonds is 5. The predicted octanol–water partition coefficient (Wildman–Crippen LogP) is 2.70. The molecule has 2 heterocycles. The Morgan fingerprint density at radius 1 is 1.03 bits per heavy atom. The van der Waals surface area contributed by atoms with Crippen LogP contribution in [0.4, 0.5) is 5.69 Å². The van der Waals surface area contributed by atoms with Crippen molar-refractivity contribution in [3.63, 3.8) is 0 Å². The van der Waals surface area contributed by atoms with Gasteiger partial charge in [0.05, 0.1) is 48.6 Å². The van der Waals surface area contributed by atoms with Crippen molar-refractivity contribution in [1.82, 2.24) is 4.90 Å². The van der Waals surface area contributed by atoms with Crippen molar-refractivity contribution < 1.29 is 23.9 Å². The van der Waals surface area contributed by atoms with Crippen LogP contribution in [0.5, 0.6) is 0 Å². The summed E-state index contributed by atoms with van der Waals surface area (Å²) in [5.74, 6) is -2.87. The van der Waals surface area contributed by atoms with Gasteiger partial charge in [0.1, 0.15) is 11.5 Å². The fraction of sp³-hybridized carbons (Fsp3) is 0.259. The lowest BCUT2D eigenvalue weighted by Gasteiger charge is -2.36. The Labute approximate surface area is 208 Å². The maximum absolute atomic E-state index is 13.5. The van der Waals surface area contributed by atoms with Gasteiger partial charge in [0.25, 0.3) is 5.91 Å². The first-order chi connectivity index (χ1) is 17.4. The van der Waals surface area contributed by atoms with E-state index >= 15 is 0 Å². The average Bonchev–Trinajstić information content (AvgIpc) is 3.70. The molecule has 1 fully saturated rings. The molecule has 2 aromatic rings. The zero-order valence-corrected chi connectivity index (χ0v) is 19.9. The summed E-state index contributed by atoms with van der Waals surface area (Å²) < 4.78 is 10.2. The van der Waals surface area contributed by atoms with Crippen LogP contribution >= 0.6 is 0 Å². The molecule has 0 radical (unpaired) electrons. The van der Waals surface area contributed by atoms with E-state index in [2.05, 4.69) is 6.07 Å². The minimum Gasteiger partial charge on any atom is -0.466 e. The highest BCUT2D eigenvalue weighted by atomic mass is 16.5. The molecule has 182 valence electrons. The molecule has 2 N–H and O–H groups in total. The van der Waals surface area contributed by atoms with E-state index in [0.717, 1.165) is 18.4 Å². The number of nitrogens with zero attached hydrogens (tertiary/aromatic N) is 3. The number of anilines is 1. The molecule has 2 aromatic carbocycles. The van der Waals surface area contributed by atoms with Gasteiger partial charge in [-0.2, -0.15) is 5.26 Å². The van der Waals surface area contributed by atoms with Crippen LogP contribution in [-0.4, -0.2) is 43.0 Å². The number of allylic oxidation sites excluding steroid dienone is 1. The number of hydrogen-bond acceptors (Lipinski definition) is 8. The van der Waals surface area contributed by atoms with Crippen LogP contribution in [0.25, 0.3) is 0 Å². The minimum atomic E-state index is -0.968. The number of esters is 2. The van der Waals surface area contributed by atoms with Gasteiger partial charge in [-0.1, -0.05) is 42.5 Å². The van der Waals surface area contributed by atoms with E-state index in [4.69, 9.17) is 15.2 Å². The van der Waals surface area contributed by atoms with Crippen LogP contribution in [0.1, 0.15) is 40.2 Å². The molecule has 1 unspecified atom stereocenters. The van der Waals surface area contributed by atoms with Crippen molar-refractivity contribution in [2.75, 3.05) is 19.1 Å². The van der Waals surface area contributed by atoms with Crippen LogP contribution in [0.2, 0.25) is 0 Å². The van der Waals surface area contributed by atoms with Crippen molar-refractivity contribution in [2.24, 2.45) is 5.73 Å². The molecular formula is C27H24N4O5. The third-order valence-corrected chi connectivity index (χ3v) is 6.78. The van der Waals surface area contributed by atoms with Gasteiger partial charge in [0.15, 0.2) is 0 Å². The summed E-state index contributed by atoms with van der Waals surface area (Å²) in [5, 5.41) is 10.2. The fourth-order valence-corrected chi connectivity index (χ4v) is 5.00. The maximum atomic E-state index is 13.5. The van der Waals surface area contributed by atoms with E-state index in [1.54, 1.807) is 47.4 Å². The molecule has 9 heteroatoms. The molecule has 0 saturated heterocycles. The number of nitrogens with two attached hydrogens (primary N) is 1. The number of carbonyl (C=O) groups excluding carboxylic acids is 3. The highest BCUT2D eigenvalue weighted by Gasteiger charge is 2.46. The number of hydrogen-bond donors (Lipinski definition) is 1. The minimum absolute atomic E-state index is 0.0522. The van der Waals surface area contributed by atoms with E-state index in [9.17, 15) is 19.6 Å². The number of benzene rings is 2. The number of methoxy groups -OCH3 is 2. The fourth-order valence-electron chi connectivity index (χ4n) is 5.00. The average molecular weight is 485 g/mol. The van der Waals surface area contributed by atoms with Crippen molar-refractivity contribution in [3.05, 3.63) is 87.9 Å². The second-order valence-corrected chi connectivity index (χ2v) is 8.81. The van der Waals surface area contributed by atoms with Crippen molar-refractivity contribution in [3.8, 4) is 6.07 Å². The third kappa shape index (κ3) is 3.50. The maximum Gasteiger partial charge on any atom is 0.355 e. The SMILES string of the molecule is COC(=O)C1=C(C(=O)OC)N(c2cccc3c2C(=O)N(C2CC2)C3)C(N)=C(C#N)C1c1ccccc1. The lowest BCUT2D eigenvalue weighted by atomic mass is 9.80. The highest BCUT2D eigenvalue weighted by Crippen LogP contribution is 2.46. The molecule has 0 spiro atoms. The molecule has 3 aliphatic rings. The number of nitriles is 1. The van der Waals surface area contributed by atoms with Gasteiger partial charge >= 0.3 is 11.9 Å². The molecular weight excluding hydrogens is 460 g/mol. The second-order valence-electron chi connectivity index (χ2n) is 8.81. The first kappa shape index (κ1) is 23.2. The van der Waals surface area contributed by atoms with E-state index in [1.807, 2.05) is 6.07 Å². The predicted molar refractivity (Wildman–Crippen MR) is 129 cm³/mol. The van der Waals surface area contributed by atoms with Gasteiger partial charge in [-0.25, -0.2) is 9.59 Å². The summed E-state index contributed by atoms with van der Waals surface area (Å²) >= 11 is 0. The smallest absolute Gasteiger partial charge is 0.355 e. The molecule has 5 rings (SSSR count). The molecule has 1 amide bonds. The number of fused-ring (bicyclic) bond motifs is 1. The molecule has 2 aliphatic heterocycles. The summed E-state index contributed by atoms with van der Waals surface area (Å²) in [7, 11) is 2.39. The lowest BCUT2D eigenvalue weighted by Crippen LogP contribution is -2.41. The Balaban J connectivity index is 1.80. The van der Waals surface area contributed by atoms with Crippen LogP contribution in [0.3, 0.4) is 0 Å². The summed E-state index contributed by atoms with van der Waals surface area (Å²) in [4.78, 5) is 43.0. The van der Waals surface area contributed by atoms with Gasteiger partial charge < -0.3 is 20.1 Å². The van der Waals surface area contributed by atoms with E-state index < -0.39 is 17.9 Å². The van der Waals surface area contributed by atoms with E-state index in [-0.39, 0.29) is 34.6 Å². The molecule has 1 aliphatic carbocycles. The highest BCUT2D eigenvalue weighted by molar-refractivity contribution is 6.10. The normalized spacial score (nSPS) is 19.2. The van der Waals surface area contributed by atoms with Gasteiger partial charge in [0.2, 0.25) is 0 Å². The van der Waals surface area contributed by atoms with Crippen molar-refractivity contribution in [1.29, 1.82) is 5.26 Å². The monoisotopic (exact) mass is 484 g/mol. The molecule has 0 bridgehead atoms. The summed E-state index contributed by atoms with van der Waals surface area (Å²) in [6.07, 6.45) is 1.88. The van der Waals surface area contributed by atoms with Crippen molar-refractivity contribution >= 4 is 23.5 Å². The molecule has 1 saturated carbocycles. The van der Waals surface area contributed by atoms with Gasteiger partial charge in [-0.15, -0.1) is 0 Å². The number of ether oxygens (including phenoxy) is 2. The Hall–Kier alpha value is -4.58. The zero-order valence-electron chi connectivity index (χ0n) is 19.9. The lowest BCUT2D eigenvalue weighted by molar-refractivity contribution is -0.139. The van der Waals surface area contributed by atoms with E-state index in [0.29, 0.717) is 23.4 Å². The first-order valence-corrected chi connectivity index (χ1v) is 11.5. The second kappa shape index (κ2) is 8.89. The van der Waals surface area contributed by atoms with Crippen LogP contribution in [-0.2, 0) is 25.6 Å². The summed E-state index contributed by atoms with van der Waals surface area (Å²) in [6.45, 7) is 0.447. The Morgan fingerprint density at radius 3 is 2.33 bits per heavy atom. The zero-order chi connectivity index (χ0) is 25.6.